The van der Waals surface area contributed by atoms with Gasteiger partial charge in [0, 0.05) is 26.5 Å². The van der Waals surface area contributed by atoms with Crippen LogP contribution in [-0.2, 0) is 7.05 Å². The van der Waals surface area contributed by atoms with Crippen LogP contribution in [0, 0.1) is 0 Å². The van der Waals surface area contributed by atoms with Gasteiger partial charge in [0.25, 0.3) is 0 Å². The number of rotatable bonds is 1. The van der Waals surface area contributed by atoms with Crippen LogP contribution in [0.1, 0.15) is 13.8 Å². The molecule has 2 heterocycles. The highest BCUT2D eigenvalue weighted by Crippen LogP contribution is 2.47. The van der Waals surface area contributed by atoms with Gasteiger partial charge in [0.2, 0.25) is 5.79 Å². The van der Waals surface area contributed by atoms with E-state index in [2.05, 4.69) is 5.10 Å². The number of anilines is 1. The maximum absolute atomic E-state index is 6.24. The van der Waals surface area contributed by atoms with E-state index in [0.29, 0.717) is 22.3 Å². The van der Waals surface area contributed by atoms with Crippen LogP contribution in [0.2, 0.25) is 5.02 Å². The molecule has 0 aliphatic carbocycles. The van der Waals surface area contributed by atoms with E-state index < -0.39 is 5.79 Å². The van der Waals surface area contributed by atoms with Crippen LogP contribution in [0.25, 0.3) is 11.1 Å². The Kier molecular flexibility index (Phi) is 2.44. The maximum atomic E-state index is 6.24. The summed E-state index contributed by atoms with van der Waals surface area (Å²) in [7, 11) is 1.79. The van der Waals surface area contributed by atoms with Crippen LogP contribution in [-0.4, -0.2) is 15.6 Å². The molecule has 3 rings (SSSR count). The summed E-state index contributed by atoms with van der Waals surface area (Å²) in [6.07, 6.45) is 1.70. The lowest BCUT2D eigenvalue weighted by molar-refractivity contribution is -0.0431. The largest absolute Gasteiger partial charge is 0.449 e. The van der Waals surface area contributed by atoms with Crippen molar-refractivity contribution in [2.45, 2.75) is 19.6 Å². The highest BCUT2D eigenvalue weighted by molar-refractivity contribution is 6.32. The molecule has 100 valence electrons. The van der Waals surface area contributed by atoms with E-state index in [4.69, 9.17) is 26.8 Å². The van der Waals surface area contributed by atoms with Crippen molar-refractivity contribution < 1.29 is 9.47 Å². The summed E-state index contributed by atoms with van der Waals surface area (Å²) >= 11 is 6.24. The summed E-state index contributed by atoms with van der Waals surface area (Å²) in [6, 6.07) is 3.67. The number of hydrogen-bond donors (Lipinski definition) is 1. The lowest BCUT2D eigenvalue weighted by atomic mass is 10.1. The van der Waals surface area contributed by atoms with Gasteiger partial charge in [-0.05, 0) is 17.7 Å². The molecule has 0 radical (unpaired) electrons. The fourth-order valence-electron chi connectivity index (χ4n) is 2.10. The van der Waals surface area contributed by atoms with Crippen molar-refractivity contribution in [1.29, 1.82) is 0 Å². The number of aromatic nitrogens is 2. The van der Waals surface area contributed by atoms with Crippen LogP contribution >= 0.6 is 11.6 Å². The number of nitrogen functional groups attached to an aromatic ring is 1. The second kappa shape index (κ2) is 3.81. The zero-order chi connectivity index (χ0) is 13.8. The van der Waals surface area contributed by atoms with Crippen molar-refractivity contribution in [3.8, 4) is 22.6 Å². The SMILES string of the molecule is Cn1ncc(-c2cc(Cl)c3c(c2)OC(C)(C)O3)c1N. The molecule has 1 aliphatic rings. The smallest absolute Gasteiger partial charge is 0.246 e. The normalized spacial score (nSPS) is 15.8. The molecule has 0 amide bonds. The van der Waals surface area contributed by atoms with Crippen LogP contribution in [0.5, 0.6) is 11.5 Å². The molecule has 0 unspecified atom stereocenters. The summed E-state index contributed by atoms with van der Waals surface area (Å²) in [5.41, 5.74) is 7.65. The minimum absolute atomic E-state index is 0.501. The first kappa shape index (κ1) is 12.2. The summed E-state index contributed by atoms with van der Waals surface area (Å²) in [4.78, 5) is 0. The van der Waals surface area contributed by atoms with E-state index in [-0.39, 0.29) is 0 Å². The number of hydrogen-bond acceptors (Lipinski definition) is 4. The van der Waals surface area contributed by atoms with Crippen molar-refractivity contribution >= 4 is 17.4 Å². The molecule has 0 spiro atoms. The third-order valence-corrected chi connectivity index (χ3v) is 3.29. The number of nitrogens with two attached hydrogens (primary N) is 1. The topological polar surface area (TPSA) is 62.3 Å². The molecule has 0 saturated heterocycles. The second-order valence-corrected chi connectivity index (χ2v) is 5.36. The zero-order valence-electron chi connectivity index (χ0n) is 10.9. The van der Waals surface area contributed by atoms with Gasteiger partial charge in [0.05, 0.1) is 11.2 Å². The molecule has 0 bridgehead atoms. The minimum atomic E-state index is -0.703. The maximum Gasteiger partial charge on any atom is 0.246 e. The number of halogens is 1. The van der Waals surface area contributed by atoms with Gasteiger partial charge in [0.1, 0.15) is 5.82 Å². The Labute approximate surface area is 115 Å². The molecule has 19 heavy (non-hydrogen) atoms. The fourth-order valence-corrected chi connectivity index (χ4v) is 2.35. The summed E-state index contributed by atoms with van der Waals surface area (Å²) < 4.78 is 13.0. The monoisotopic (exact) mass is 279 g/mol. The Bertz CT molecular complexity index is 664. The Morgan fingerprint density at radius 2 is 2.05 bits per heavy atom. The van der Waals surface area contributed by atoms with Crippen LogP contribution in [0.15, 0.2) is 18.3 Å². The average Bonchev–Trinajstić information content (AvgIpc) is 2.79. The second-order valence-electron chi connectivity index (χ2n) is 4.96. The van der Waals surface area contributed by atoms with Crippen LogP contribution in [0.3, 0.4) is 0 Å². The number of fused-ring (bicyclic) bond motifs is 1. The Morgan fingerprint density at radius 1 is 1.32 bits per heavy atom. The van der Waals surface area contributed by atoms with E-state index >= 15 is 0 Å². The predicted molar refractivity (Wildman–Crippen MR) is 73.4 cm³/mol. The average molecular weight is 280 g/mol. The summed E-state index contributed by atoms with van der Waals surface area (Å²) in [6.45, 7) is 3.67. The Hall–Kier alpha value is -1.88. The molecule has 1 aliphatic heterocycles. The molecule has 2 aromatic rings. The van der Waals surface area contributed by atoms with Gasteiger partial charge in [-0.15, -0.1) is 0 Å². The standard InChI is InChI=1S/C13H14ClN3O2/c1-13(2)18-10-5-7(4-9(14)11(10)19-13)8-6-16-17(3)12(8)15/h4-6H,15H2,1-3H3. The lowest BCUT2D eigenvalue weighted by Crippen LogP contribution is -2.29. The Morgan fingerprint density at radius 3 is 2.68 bits per heavy atom. The first-order valence-electron chi connectivity index (χ1n) is 5.87. The first-order chi connectivity index (χ1) is 8.87. The van der Waals surface area contributed by atoms with Crippen molar-refractivity contribution in [1.82, 2.24) is 9.78 Å². The van der Waals surface area contributed by atoms with Gasteiger partial charge in [-0.3, -0.25) is 4.68 Å². The molecule has 5 nitrogen and oxygen atoms in total. The number of nitrogens with zero attached hydrogens (tertiary/aromatic N) is 2. The van der Waals surface area contributed by atoms with Gasteiger partial charge >= 0.3 is 0 Å². The minimum Gasteiger partial charge on any atom is -0.449 e. The third-order valence-electron chi connectivity index (χ3n) is 3.01. The molecular formula is C13H14ClN3O2. The van der Waals surface area contributed by atoms with E-state index in [0.717, 1.165) is 11.1 Å². The third kappa shape index (κ3) is 1.90. The number of aryl methyl sites for hydroxylation is 1. The van der Waals surface area contributed by atoms with Crippen LogP contribution in [0.4, 0.5) is 5.82 Å². The van der Waals surface area contributed by atoms with Crippen molar-refractivity contribution in [2.75, 3.05) is 5.73 Å². The molecule has 0 saturated carbocycles. The van der Waals surface area contributed by atoms with Gasteiger partial charge in [-0.1, -0.05) is 11.6 Å². The van der Waals surface area contributed by atoms with Gasteiger partial charge in [-0.2, -0.15) is 5.10 Å². The van der Waals surface area contributed by atoms with E-state index in [9.17, 15) is 0 Å². The van der Waals surface area contributed by atoms with Gasteiger partial charge in [0.15, 0.2) is 11.5 Å². The highest BCUT2D eigenvalue weighted by atomic mass is 35.5. The van der Waals surface area contributed by atoms with Gasteiger partial charge in [-0.25, -0.2) is 0 Å². The molecule has 1 aromatic heterocycles. The van der Waals surface area contributed by atoms with Crippen LogP contribution < -0.4 is 15.2 Å². The molecule has 1 aromatic carbocycles. The lowest BCUT2D eigenvalue weighted by Gasteiger charge is -2.16. The summed E-state index contributed by atoms with van der Waals surface area (Å²) in [5, 5.41) is 4.62. The molecule has 6 heteroatoms. The molecule has 2 N–H and O–H groups in total. The molecule has 0 atom stereocenters. The molecular weight excluding hydrogens is 266 g/mol. The van der Waals surface area contributed by atoms with E-state index in [1.807, 2.05) is 19.9 Å². The highest BCUT2D eigenvalue weighted by Gasteiger charge is 2.34. The first-order valence-corrected chi connectivity index (χ1v) is 6.24. The van der Waals surface area contributed by atoms with Crippen molar-refractivity contribution in [3.63, 3.8) is 0 Å². The predicted octanol–water partition coefficient (Wildman–Crippen LogP) is 2.83. The summed E-state index contributed by atoms with van der Waals surface area (Å²) in [5.74, 6) is 1.06. The quantitative estimate of drug-likeness (QED) is 0.872. The Balaban J connectivity index is 2.12. The van der Waals surface area contributed by atoms with E-state index in [1.54, 1.807) is 24.0 Å². The fraction of sp³-hybridized carbons (Fsp3) is 0.308. The number of benzene rings is 1. The van der Waals surface area contributed by atoms with Gasteiger partial charge < -0.3 is 15.2 Å². The van der Waals surface area contributed by atoms with Crippen molar-refractivity contribution in [3.05, 3.63) is 23.4 Å². The van der Waals surface area contributed by atoms with Crippen molar-refractivity contribution in [2.24, 2.45) is 7.05 Å². The van der Waals surface area contributed by atoms with E-state index in [1.165, 1.54) is 0 Å². The zero-order valence-corrected chi connectivity index (χ0v) is 11.7. The molecule has 0 fully saturated rings. The number of ether oxygens (including phenoxy) is 2.